The molecular formula is C11H14Br2FNO3S. The number of nitrogens with two attached hydrogens (primary N) is 1. The number of primary sulfonamides is 1. The van der Waals surface area contributed by atoms with E-state index in [4.69, 9.17) is 9.88 Å². The average molecular weight is 419 g/mol. The fourth-order valence-electron chi connectivity index (χ4n) is 1.39. The van der Waals surface area contributed by atoms with Crippen molar-refractivity contribution < 1.29 is 17.5 Å². The predicted octanol–water partition coefficient (Wildman–Crippen LogP) is 3.38. The molecule has 1 rings (SSSR count). The third-order valence-corrected chi connectivity index (χ3v) is 4.40. The number of sulfonamides is 1. The molecule has 0 fully saturated rings. The second kappa shape index (κ2) is 7.56. The molecule has 0 bridgehead atoms. The van der Waals surface area contributed by atoms with E-state index >= 15 is 0 Å². The molecule has 1 aromatic carbocycles. The van der Waals surface area contributed by atoms with Crippen molar-refractivity contribution in [1.82, 2.24) is 0 Å². The molecule has 19 heavy (non-hydrogen) atoms. The van der Waals surface area contributed by atoms with Crippen molar-refractivity contribution in [2.45, 2.75) is 24.2 Å². The van der Waals surface area contributed by atoms with Gasteiger partial charge in [0.25, 0.3) is 0 Å². The smallest absolute Gasteiger partial charge is 0.238 e. The van der Waals surface area contributed by atoms with Gasteiger partial charge in [-0.2, -0.15) is 0 Å². The van der Waals surface area contributed by atoms with E-state index in [9.17, 15) is 12.8 Å². The van der Waals surface area contributed by atoms with Crippen LogP contribution in [0.5, 0.6) is 5.75 Å². The third kappa shape index (κ3) is 5.37. The lowest BCUT2D eigenvalue weighted by molar-refractivity contribution is 0.298. The molecule has 0 radical (unpaired) electrons. The number of rotatable bonds is 7. The molecule has 0 aliphatic heterocycles. The molecule has 0 spiro atoms. The number of ether oxygens (including phenoxy) is 1. The van der Waals surface area contributed by atoms with Gasteiger partial charge in [0.05, 0.1) is 27.1 Å². The summed E-state index contributed by atoms with van der Waals surface area (Å²) < 4.78 is 40.9. The summed E-state index contributed by atoms with van der Waals surface area (Å²) in [7, 11) is -3.75. The van der Waals surface area contributed by atoms with Gasteiger partial charge in [0, 0.05) is 0 Å². The topological polar surface area (TPSA) is 69.4 Å². The van der Waals surface area contributed by atoms with E-state index < -0.39 is 10.0 Å². The van der Waals surface area contributed by atoms with Crippen molar-refractivity contribution >= 4 is 41.9 Å². The van der Waals surface area contributed by atoms with Crippen molar-refractivity contribution in [1.29, 1.82) is 0 Å². The highest BCUT2D eigenvalue weighted by Crippen LogP contribution is 2.35. The van der Waals surface area contributed by atoms with Crippen LogP contribution in [0.1, 0.15) is 19.3 Å². The Morgan fingerprint density at radius 3 is 2.21 bits per heavy atom. The van der Waals surface area contributed by atoms with Gasteiger partial charge < -0.3 is 4.74 Å². The van der Waals surface area contributed by atoms with Gasteiger partial charge in [-0.25, -0.2) is 13.6 Å². The monoisotopic (exact) mass is 417 g/mol. The van der Waals surface area contributed by atoms with Crippen LogP contribution >= 0.6 is 31.9 Å². The van der Waals surface area contributed by atoms with Crippen molar-refractivity contribution in [3.05, 3.63) is 21.1 Å². The van der Waals surface area contributed by atoms with Crippen LogP contribution in [0, 0.1) is 0 Å². The highest BCUT2D eigenvalue weighted by atomic mass is 79.9. The first-order valence-corrected chi connectivity index (χ1v) is 8.70. The molecule has 0 aliphatic rings. The molecule has 0 unspecified atom stereocenters. The highest BCUT2D eigenvalue weighted by molar-refractivity contribution is 9.11. The van der Waals surface area contributed by atoms with Crippen LogP contribution in [0.4, 0.5) is 4.39 Å². The first kappa shape index (κ1) is 16.9. The van der Waals surface area contributed by atoms with Crippen molar-refractivity contribution in [2.75, 3.05) is 13.3 Å². The molecule has 1 aromatic rings. The van der Waals surface area contributed by atoms with Crippen LogP contribution in [0.15, 0.2) is 26.0 Å². The van der Waals surface area contributed by atoms with Gasteiger partial charge in [-0.3, -0.25) is 4.39 Å². The van der Waals surface area contributed by atoms with Gasteiger partial charge in [-0.05, 0) is 63.3 Å². The van der Waals surface area contributed by atoms with E-state index in [1.54, 1.807) is 0 Å². The molecule has 0 aromatic heterocycles. The van der Waals surface area contributed by atoms with Crippen LogP contribution in [-0.2, 0) is 10.0 Å². The van der Waals surface area contributed by atoms with Gasteiger partial charge in [0.15, 0.2) is 0 Å². The van der Waals surface area contributed by atoms with Gasteiger partial charge in [0.1, 0.15) is 5.75 Å². The summed E-state index contributed by atoms with van der Waals surface area (Å²) in [5.74, 6) is 0.507. The minimum Gasteiger partial charge on any atom is -0.491 e. The molecule has 4 nitrogen and oxygen atoms in total. The van der Waals surface area contributed by atoms with Crippen molar-refractivity contribution in [2.24, 2.45) is 5.14 Å². The van der Waals surface area contributed by atoms with E-state index in [1.165, 1.54) is 12.1 Å². The van der Waals surface area contributed by atoms with E-state index in [2.05, 4.69) is 31.9 Å². The van der Waals surface area contributed by atoms with Crippen LogP contribution in [-0.4, -0.2) is 21.7 Å². The summed E-state index contributed by atoms with van der Waals surface area (Å²) in [5.41, 5.74) is 0. The molecule has 0 saturated carbocycles. The molecule has 0 saturated heterocycles. The number of benzene rings is 1. The molecule has 0 aliphatic carbocycles. The first-order chi connectivity index (χ1) is 8.86. The van der Waals surface area contributed by atoms with Gasteiger partial charge in [-0.1, -0.05) is 0 Å². The quantitative estimate of drug-likeness (QED) is 0.690. The molecular weight excluding hydrogens is 405 g/mol. The summed E-state index contributed by atoms with van der Waals surface area (Å²) in [6, 6.07) is 2.77. The molecule has 108 valence electrons. The average Bonchev–Trinajstić information content (AvgIpc) is 2.30. The fraction of sp³-hybridized carbons (Fsp3) is 0.455. The zero-order valence-electron chi connectivity index (χ0n) is 10.0. The maximum Gasteiger partial charge on any atom is 0.238 e. The Hall–Kier alpha value is -0.180. The molecule has 0 atom stereocenters. The SMILES string of the molecule is NS(=O)(=O)c1cc(Br)c(OCCCCCF)c(Br)c1. The number of alkyl halides is 1. The Balaban J connectivity index is 2.75. The minimum atomic E-state index is -3.75. The van der Waals surface area contributed by atoms with Crippen molar-refractivity contribution in [3.63, 3.8) is 0 Å². The lowest BCUT2D eigenvalue weighted by atomic mass is 10.2. The van der Waals surface area contributed by atoms with Crippen molar-refractivity contribution in [3.8, 4) is 5.75 Å². The molecule has 8 heteroatoms. The Kier molecular flexibility index (Phi) is 6.72. The summed E-state index contributed by atoms with van der Waals surface area (Å²) in [6.07, 6.45) is 2.01. The lowest BCUT2D eigenvalue weighted by Crippen LogP contribution is -2.12. The van der Waals surface area contributed by atoms with Gasteiger partial charge in [-0.15, -0.1) is 0 Å². The Morgan fingerprint density at radius 1 is 1.16 bits per heavy atom. The molecule has 0 heterocycles. The number of unbranched alkanes of at least 4 members (excludes halogenated alkanes) is 2. The normalized spacial score (nSPS) is 11.6. The Morgan fingerprint density at radius 2 is 1.74 bits per heavy atom. The summed E-state index contributed by atoms with van der Waals surface area (Å²) in [5, 5.41) is 5.05. The predicted molar refractivity (Wildman–Crippen MR) is 78.5 cm³/mol. The second-order valence-electron chi connectivity index (χ2n) is 3.86. The van der Waals surface area contributed by atoms with E-state index in [-0.39, 0.29) is 11.6 Å². The summed E-state index contributed by atoms with van der Waals surface area (Å²) >= 11 is 6.48. The number of hydrogen-bond donors (Lipinski definition) is 1. The van der Waals surface area contributed by atoms with Crippen LogP contribution in [0.2, 0.25) is 0 Å². The zero-order chi connectivity index (χ0) is 14.5. The van der Waals surface area contributed by atoms with E-state index in [0.29, 0.717) is 27.7 Å². The maximum absolute atomic E-state index is 11.9. The summed E-state index contributed by atoms with van der Waals surface area (Å²) in [4.78, 5) is -0.00368. The minimum absolute atomic E-state index is 0.00368. The summed E-state index contributed by atoms with van der Waals surface area (Å²) in [6.45, 7) is 0.113. The first-order valence-electron chi connectivity index (χ1n) is 5.57. The second-order valence-corrected chi connectivity index (χ2v) is 7.13. The Bertz CT molecular complexity index is 514. The van der Waals surface area contributed by atoms with Crippen LogP contribution < -0.4 is 9.88 Å². The number of halogens is 3. The molecule has 2 N–H and O–H groups in total. The lowest BCUT2D eigenvalue weighted by Gasteiger charge is -2.11. The number of hydrogen-bond acceptors (Lipinski definition) is 3. The fourth-order valence-corrected chi connectivity index (χ4v) is 3.67. The van der Waals surface area contributed by atoms with Gasteiger partial charge >= 0.3 is 0 Å². The van der Waals surface area contributed by atoms with Gasteiger partial charge in [0.2, 0.25) is 10.0 Å². The molecule has 0 amide bonds. The van der Waals surface area contributed by atoms with Crippen LogP contribution in [0.25, 0.3) is 0 Å². The van der Waals surface area contributed by atoms with E-state index in [1.807, 2.05) is 0 Å². The standard InChI is InChI=1S/C11H14Br2FNO3S/c12-9-6-8(19(15,16)17)7-10(13)11(9)18-5-3-1-2-4-14/h6-7H,1-5H2,(H2,15,16,17). The zero-order valence-corrected chi connectivity index (χ0v) is 14.0. The third-order valence-electron chi connectivity index (χ3n) is 2.32. The van der Waals surface area contributed by atoms with E-state index in [0.717, 1.165) is 12.8 Å². The maximum atomic E-state index is 11.9. The highest BCUT2D eigenvalue weighted by Gasteiger charge is 2.15. The largest absolute Gasteiger partial charge is 0.491 e. The Labute approximate surface area is 128 Å². The van der Waals surface area contributed by atoms with Crippen LogP contribution in [0.3, 0.4) is 0 Å².